The molecule has 0 atom stereocenters. The molecular formula is C23H30ClN3O4S. The monoisotopic (exact) mass is 479 g/mol. The number of ether oxygens (including phenoxy) is 1. The maximum absolute atomic E-state index is 12.7. The van der Waals surface area contributed by atoms with Gasteiger partial charge in [-0.1, -0.05) is 29.8 Å². The number of piperazine rings is 1. The number of halogens is 1. The average molecular weight is 480 g/mol. The topological polar surface area (TPSA) is 70.2 Å². The summed E-state index contributed by atoms with van der Waals surface area (Å²) in [4.78, 5) is 16.8. The quantitative estimate of drug-likeness (QED) is 0.579. The maximum Gasteiger partial charge on any atom is 0.232 e. The molecule has 1 aliphatic heterocycles. The van der Waals surface area contributed by atoms with E-state index >= 15 is 0 Å². The van der Waals surface area contributed by atoms with Crippen molar-refractivity contribution in [2.24, 2.45) is 0 Å². The van der Waals surface area contributed by atoms with Crippen LogP contribution in [0.4, 0.5) is 11.4 Å². The van der Waals surface area contributed by atoms with Crippen LogP contribution in [0.3, 0.4) is 0 Å². The predicted molar refractivity (Wildman–Crippen MR) is 129 cm³/mol. The lowest BCUT2D eigenvalue weighted by atomic mass is 10.2. The number of amides is 1. The van der Waals surface area contributed by atoms with Crippen molar-refractivity contribution >= 4 is 38.9 Å². The van der Waals surface area contributed by atoms with E-state index in [1.807, 2.05) is 36.1 Å². The molecule has 0 unspecified atom stereocenters. The predicted octanol–water partition coefficient (Wildman–Crippen LogP) is 3.55. The molecule has 2 aromatic carbocycles. The Morgan fingerprint density at radius 2 is 1.81 bits per heavy atom. The minimum atomic E-state index is -3.49. The fourth-order valence-corrected chi connectivity index (χ4v) is 5.12. The smallest absolute Gasteiger partial charge is 0.232 e. The number of anilines is 2. The van der Waals surface area contributed by atoms with Crippen LogP contribution in [0.15, 0.2) is 42.5 Å². The fourth-order valence-electron chi connectivity index (χ4n) is 3.94. The minimum Gasteiger partial charge on any atom is -0.495 e. The molecule has 1 aliphatic rings. The van der Waals surface area contributed by atoms with E-state index in [-0.39, 0.29) is 12.5 Å². The molecule has 0 saturated carbocycles. The van der Waals surface area contributed by atoms with Crippen LogP contribution in [0.1, 0.15) is 18.4 Å². The van der Waals surface area contributed by atoms with E-state index in [0.29, 0.717) is 36.6 Å². The zero-order chi connectivity index (χ0) is 23.3. The minimum absolute atomic E-state index is 0.0425. The Morgan fingerprint density at radius 3 is 2.47 bits per heavy atom. The second-order valence-corrected chi connectivity index (χ2v) is 10.3. The van der Waals surface area contributed by atoms with Gasteiger partial charge in [-0.15, -0.1) is 0 Å². The van der Waals surface area contributed by atoms with Crippen molar-refractivity contribution in [3.05, 3.63) is 53.1 Å². The van der Waals surface area contributed by atoms with E-state index in [1.54, 1.807) is 25.3 Å². The largest absolute Gasteiger partial charge is 0.495 e. The van der Waals surface area contributed by atoms with Gasteiger partial charge in [-0.2, -0.15) is 0 Å². The van der Waals surface area contributed by atoms with Crippen LogP contribution in [-0.4, -0.2) is 65.3 Å². The summed E-state index contributed by atoms with van der Waals surface area (Å²) < 4.78 is 31.5. The van der Waals surface area contributed by atoms with Crippen molar-refractivity contribution in [2.45, 2.75) is 19.8 Å². The molecule has 1 amide bonds. The summed E-state index contributed by atoms with van der Waals surface area (Å²) in [6.45, 7) is 4.77. The molecule has 2 aromatic rings. The number of sulfonamides is 1. The van der Waals surface area contributed by atoms with Crippen molar-refractivity contribution in [3.63, 3.8) is 0 Å². The SMILES string of the molecule is COc1ccccc1N1CCN(C(=O)CCCN(c2cc(Cl)ccc2C)S(C)(=O)=O)CC1. The van der Waals surface area contributed by atoms with Gasteiger partial charge in [0.25, 0.3) is 0 Å². The molecule has 1 heterocycles. The number of carbonyl (C=O) groups excluding carboxylic acids is 1. The molecule has 9 heteroatoms. The zero-order valence-corrected chi connectivity index (χ0v) is 20.3. The van der Waals surface area contributed by atoms with Crippen molar-refractivity contribution < 1.29 is 17.9 Å². The van der Waals surface area contributed by atoms with Gasteiger partial charge in [-0.25, -0.2) is 8.42 Å². The summed E-state index contributed by atoms with van der Waals surface area (Å²) >= 11 is 6.08. The van der Waals surface area contributed by atoms with Crippen LogP contribution in [0.2, 0.25) is 5.02 Å². The van der Waals surface area contributed by atoms with Gasteiger partial charge in [0.15, 0.2) is 0 Å². The summed E-state index contributed by atoms with van der Waals surface area (Å²) in [5, 5.41) is 0.475. The molecule has 1 saturated heterocycles. The molecule has 32 heavy (non-hydrogen) atoms. The Labute approximate surface area is 195 Å². The number of carbonyl (C=O) groups is 1. The third kappa shape index (κ3) is 5.86. The third-order valence-electron chi connectivity index (χ3n) is 5.65. The molecule has 0 spiro atoms. The Hall–Kier alpha value is -2.45. The highest BCUT2D eigenvalue weighted by Crippen LogP contribution is 2.29. The molecule has 0 radical (unpaired) electrons. The summed E-state index contributed by atoms with van der Waals surface area (Å²) in [6, 6.07) is 13.0. The summed E-state index contributed by atoms with van der Waals surface area (Å²) in [5.74, 6) is 0.866. The standard InChI is InChI=1S/C23H30ClN3O4S/c1-18-10-11-19(24)17-21(18)27(32(3,29)30)12-6-9-23(28)26-15-13-25(14-16-26)20-7-4-5-8-22(20)31-2/h4-5,7-8,10-11,17H,6,9,12-16H2,1-3H3. The normalized spacial score (nSPS) is 14.4. The molecule has 0 aromatic heterocycles. The Kier molecular flexibility index (Phi) is 7.90. The fraction of sp³-hybridized carbons (Fsp3) is 0.435. The highest BCUT2D eigenvalue weighted by Gasteiger charge is 2.24. The lowest BCUT2D eigenvalue weighted by Crippen LogP contribution is -2.49. The van der Waals surface area contributed by atoms with Gasteiger partial charge in [0.1, 0.15) is 5.75 Å². The highest BCUT2D eigenvalue weighted by atomic mass is 35.5. The first-order valence-electron chi connectivity index (χ1n) is 10.6. The lowest BCUT2D eigenvalue weighted by molar-refractivity contribution is -0.131. The van der Waals surface area contributed by atoms with Crippen LogP contribution in [-0.2, 0) is 14.8 Å². The second-order valence-electron chi connectivity index (χ2n) is 7.91. The van der Waals surface area contributed by atoms with Crippen LogP contribution >= 0.6 is 11.6 Å². The number of nitrogens with zero attached hydrogens (tertiary/aromatic N) is 3. The van der Waals surface area contributed by atoms with E-state index in [0.717, 1.165) is 30.1 Å². The highest BCUT2D eigenvalue weighted by molar-refractivity contribution is 7.92. The number of hydrogen-bond donors (Lipinski definition) is 0. The van der Waals surface area contributed by atoms with E-state index < -0.39 is 10.0 Å². The maximum atomic E-state index is 12.7. The van der Waals surface area contributed by atoms with E-state index in [1.165, 1.54) is 10.6 Å². The van der Waals surface area contributed by atoms with E-state index in [4.69, 9.17) is 16.3 Å². The molecule has 0 N–H and O–H groups in total. The van der Waals surface area contributed by atoms with Crippen LogP contribution in [0.5, 0.6) is 5.75 Å². The number of benzene rings is 2. The molecule has 1 fully saturated rings. The number of hydrogen-bond acceptors (Lipinski definition) is 5. The second kappa shape index (κ2) is 10.4. The number of rotatable bonds is 8. The number of aryl methyl sites for hydroxylation is 1. The van der Waals surface area contributed by atoms with Gasteiger partial charge in [0.05, 0.1) is 24.7 Å². The van der Waals surface area contributed by atoms with Gasteiger partial charge < -0.3 is 14.5 Å². The van der Waals surface area contributed by atoms with Gasteiger partial charge in [-0.3, -0.25) is 9.10 Å². The molecule has 3 rings (SSSR count). The molecule has 174 valence electrons. The van der Waals surface area contributed by atoms with Gasteiger partial charge in [-0.05, 0) is 43.2 Å². The first-order chi connectivity index (χ1) is 15.2. The van der Waals surface area contributed by atoms with Crippen LogP contribution in [0.25, 0.3) is 0 Å². The first kappa shape index (κ1) is 24.2. The zero-order valence-electron chi connectivity index (χ0n) is 18.8. The van der Waals surface area contributed by atoms with Crippen LogP contribution < -0.4 is 13.9 Å². The van der Waals surface area contributed by atoms with Gasteiger partial charge in [0, 0.05) is 44.2 Å². The molecule has 7 nitrogen and oxygen atoms in total. The Balaban J connectivity index is 1.56. The van der Waals surface area contributed by atoms with Gasteiger partial charge >= 0.3 is 0 Å². The Morgan fingerprint density at radius 1 is 1.12 bits per heavy atom. The molecule has 0 bridgehead atoms. The van der Waals surface area contributed by atoms with Crippen molar-refractivity contribution in [1.82, 2.24) is 4.90 Å². The number of methoxy groups -OCH3 is 1. The lowest BCUT2D eigenvalue weighted by Gasteiger charge is -2.36. The molecular weight excluding hydrogens is 450 g/mol. The van der Waals surface area contributed by atoms with E-state index in [9.17, 15) is 13.2 Å². The first-order valence-corrected chi connectivity index (χ1v) is 12.8. The summed E-state index contributed by atoms with van der Waals surface area (Å²) in [5.41, 5.74) is 2.40. The molecule has 0 aliphatic carbocycles. The average Bonchev–Trinajstić information content (AvgIpc) is 2.77. The van der Waals surface area contributed by atoms with Crippen molar-refractivity contribution in [3.8, 4) is 5.75 Å². The Bertz CT molecular complexity index is 1050. The van der Waals surface area contributed by atoms with Gasteiger partial charge in [0.2, 0.25) is 15.9 Å². The van der Waals surface area contributed by atoms with Crippen LogP contribution in [0, 0.1) is 6.92 Å². The summed E-state index contributed by atoms with van der Waals surface area (Å²) in [7, 11) is -1.84. The number of para-hydroxylation sites is 2. The van der Waals surface area contributed by atoms with Crippen molar-refractivity contribution in [1.29, 1.82) is 0 Å². The third-order valence-corrected chi connectivity index (χ3v) is 7.07. The van der Waals surface area contributed by atoms with E-state index in [2.05, 4.69) is 4.90 Å². The summed E-state index contributed by atoms with van der Waals surface area (Å²) in [6.07, 6.45) is 1.90. The van der Waals surface area contributed by atoms with Crippen molar-refractivity contribution in [2.75, 3.05) is 55.3 Å².